The monoisotopic (exact) mass is 234 g/mol. The molecule has 4 heteroatoms. The molecule has 1 atom stereocenters. The summed E-state index contributed by atoms with van der Waals surface area (Å²) >= 11 is 0. The summed E-state index contributed by atoms with van der Waals surface area (Å²) in [6.45, 7) is 3.52. The van der Waals surface area contributed by atoms with Gasteiger partial charge in [0.05, 0.1) is 11.1 Å². The predicted octanol–water partition coefficient (Wildman–Crippen LogP) is 2.51. The molecule has 90 valence electrons. The molecular formula is C13H14O4. The van der Waals surface area contributed by atoms with Crippen molar-refractivity contribution in [3.8, 4) is 0 Å². The molecule has 0 aliphatic rings. The van der Waals surface area contributed by atoms with Gasteiger partial charge >= 0.3 is 11.9 Å². The van der Waals surface area contributed by atoms with Crippen molar-refractivity contribution in [3.05, 3.63) is 47.5 Å². The molecule has 0 saturated carbocycles. The van der Waals surface area contributed by atoms with Gasteiger partial charge in [-0.25, -0.2) is 9.59 Å². The lowest BCUT2D eigenvalue weighted by Gasteiger charge is -2.10. The average Bonchev–Trinajstić information content (AvgIpc) is 2.29. The molecule has 0 heterocycles. The molecule has 0 radical (unpaired) electrons. The summed E-state index contributed by atoms with van der Waals surface area (Å²) in [5, 5.41) is 8.93. The Morgan fingerprint density at radius 3 is 2.41 bits per heavy atom. The first-order chi connectivity index (χ1) is 8.06. The van der Waals surface area contributed by atoms with Crippen molar-refractivity contribution in [2.75, 3.05) is 0 Å². The van der Waals surface area contributed by atoms with Gasteiger partial charge in [-0.15, -0.1) is 0 Å². The van der Waals surface area contributed by atoms with Gasteiger partial charge in [-0.2, -0.15) is 0 Å². The highest BCUT2D eigenvalue weighted by Crippen LogP contribution is 2.11. The summed E-state index contributed by atoms with van der Waals surface area (Å²) in [6, 6.07) is 5.98. The van der Waals surface area contributed by atoms with Gasteiger partial charge in [-0.1, -0.05) is 18.2 Å². The molecule has 0 aromatic heterocycles. The Balaban J connectivity index is 2.93. The highest BCUT2D eigenvalue weighted by atomic mass is 16.5. The number of benzene rings is 1. The maximum atomic E-state index is 11.7. The molecule has 0 bridgehead atoms. The highest BCUT2D eigenvalue weighted by molar-refractivity contribution is 6.02. The van der Waals surface area contributed by atoms with Crippen LogP contribution < -0.4 is 0 Å². The molecule has 0 saturated heterocycles. The number of allylic oxidation sites excluding steroid dienone is 1. The van der Waals surface area contributed by atoms with Gasteiger partial charge in [0.25, 0.3) is 0 Å². The zero-order valence-corrected chi connectivity index (χ0v) is 9.71. The van der Waals surface area contributed by atoms with Crippen LogP contribution in [0.4, 0.5) is 0 Å². The maximum Gasteiger partial charge on any atom is 0.339 e. The van der Waals surface area contributed by atoms with Crippen LogP contribution >= 0.6 is 0 Å². The molecule has 1 aromatic rings. The molecule has 0 aliphatic heterocycles. The number of carbonyl (C=O) groups is 2. The average molecular weight is 234 g/mol. The second-order valence-electron chi connectivity index (χ2n) is 3.49. The van der Waals surface area contributed by atoms with Crippen molar-refractivity contribution < 1.29 is 19.4 Å². The van der Waals surface area contributed by atoms with Crippen molar-refractivity contribution in [2.45, 2.75) is 20.0 Å². The zero-order valence-electron chi connectivity index (χ0n) is 9.71. The molecule has 1 rings (SSSR count). The van der Waals surface area contributed by atoms with Crippen molar-refractivity contribution in [1.82, 2.24) is 0 Å². The third-order valence-corrected chi connectivity index (χ3v) is 2.13. The largest absolute Gasteiger partial charge is 0.478 e. The first kappa shape index (κ1) is 13.0. The number of aromatic carboxylic acids is 1. The van der Waals surface area contributed by atoms with Crippen LogP contribution in [-0.2, 0) is 4.74 Å². The maximum absolute atomic E-state index is 11.7. The number of ether oxygens (including phenoxy) is 1. The third-order valence-electron chi connectivity index (χ3n) is 2.13. The summed E-state index contributed by atoms with van der Waals surface area (Å²) < 4.78 is 5.08. The minimum absolute atomic E-state index is 0.0508. The highest BCUT2D eigenvalue weighted by Gasteiger charge is 2.17. The SMILES string of the molecule is C/C=C/C(C)OC(=O)c1ccccc1C(=O)O. The number of rotatable bonds is 4. The van der Waals surface area contributed by atoms with Gasteiger partial charge < -0.3 is 9.84 Å². The molecule has 4 nitrogen and oxygen atoms in total. The Labute approximate surface area is 99.5 Å². The van der Waals surface area contributed by atoms with Gasteiger partial charge in [0.2, 0.25) is 0 Å². The lowest BCUT2D eigenvalue weighted by Crippen LogP contribution is -2.16. The summed E-state index contributed by atoms with van der Waals surface area (Å²) in [7, 11) is 0. The fourth-order valence-electron chi connectivity index (χ4n) is 1.39. The molecule has 17 heavy (non-hydrogen) atoms. The van der Waals surface area contributed by atoms with Crippen LogP contribution in [-0.4, -0.2) is 23.1 Å². The molecule has 0 spiro atoms. The van der Waals surface area contributed by atoms with E-state index in [1.807, 2.05) is 6.92 Å². The van der Waals surface area contributed by atoms with Crippen LogP contribution in [0, 0.1) is 0 Å². The number of carboxylic acids is 1. The summed E-state index contributed by atoms with van der Waals surface area (Å²) in [5.74, 6) is -1.77. The standard InChI is InChI=1S/C13H14O4/c1-3-6-9(2)17-13(16)11-8-5-4-7-10(11)12(14)15/h3-9H,1-2H3,(H,14,15)/b6-3+. The number of esters is 1. The van der Waals surface area contributed by atoms with E-state index in [0.29, 0.717) is 0 Å². The van der Waals surface area contributed by atoms with Gasteiger partial charge in [-0.05, 0) is 32.1 Å². The van der Waals surface area contributed by atoms with E-state index in [2.05, 4.69) is 0 Å². The van der Waals surface area contributed by atoms with E-state index in [-0.39, 0.29) is 17.2 Å². The van der Waals surface area contributed by atoms with Crippen molar-refractivity contribution in [2.24, 2.45) is 0 Å². The van der Waals surface area contributed by atoms with E-state index in [0.717, 1.165) is 0 Å². The Kier molecular flexibility index (Phi) is 4.46. The zero-order chi connectivity index (χ0) is 12.8. The molecule has 0 fully saturated rings. The number of hydrogen-bond acceptors (Lipinski definition) is 3. The van der Waals surface area contributed by atoms with Crippen LogP contribution in [0.2, 0.25) is 0 Å². The van der Waals surface area contributed by atoms with Crippen LogP contribution in [0.1, 0.15) is 34.6 Å². The summed E-state index contributed by atoms with van der Waals surface area (Å²) in [5.41, 5.74) is 0.0153. The lowest BCUT2D eigenvalue weighted by atomic mass is 10.1. The number of carbonyl (C=O) groups excluding carboxylic acids is 1. The van der Waals surface area contributed by atoms with Gasteiger partial charge in [0.1, 0.15) is 6.10 Å². The first-order valence-corrected chi connectivity index (χ1v) is 5.22. The van der Waals surface area contributed by atoms with Gasteiger partial charge in [0, 0.05) is 0 Å². The predicted molar refractivity (Wildman–Crippen MR) is 63.1 cm³/mol. The summed E-state index contributed by atoms with van der Waals surface area (Å²) in [6.07, 6.45) is 3.09. The topological polar surface area (TPSA) is 63.6 Å². The van der Waals surface area contributed by atoms with E-state index in [9.17, 15) is 9.59 Å². The van der Waals surface area contributed by atoms with Gasteiger partial charge in [0.15, 0.2) is 0 Å². The van der Waals surface area contributed by atoms with Crippen molar-refractivity contribution >= 4 is 11.9 Å². The summed E-state index contributed by atoms with van der Waals surface area (Å²) in [4.78, 5) is 22.7. The molecule has 0 amide bonds. The van der Waals surface area contributed by atoms with E-state index in [4.69, 9.17) is 9.84 Å². The van der Waals surface area contributed by atoms with Crippen molar-refractivity contribution in [3.63, 3.8) is 0 Å². The van der Waals surface area contributed by atoms with Crippen LogP contribution in [0.25, 0.3) is 0 Å². The number of hydrogen-bond donors (Lipinski definition) is 1. The lowest BCUT2D eigenvalue weighted by molar-refractivity contribution is 0.0416. The Hall–Kier alpha value is -2.10. The smallest absolute Gasteiger partial charge is 0.339 e. The van der Waals surface area contributed by atoms with E-state index < -0.39 is 11.9 Å². The fourth-order valence-corrected chi connectivity index (χ4v) is 1.39. The quantitative estimate of drug-likeness (QED) is 0.642. The molecule has 0 aliphatic carbocycles. The van der Waals surface area contributed by atoms with Gasteiger partial charge in [-0.3, -0.25) is 0 Å². The van der Waals surface area contributed by atoms with E-state index >= 15 is 0 Å². The van der Waals surface area contributed by atoms with Crippen LogP contribution in [0.3, 0.4) is 0 Å². The van der Waals surface area contributed by atoms with Crippen LogP contribution in [0.5, 0.6) is 0 Å². The van der Waals surface area contributed by atoms with E-state index in [1.54, 1.807) is 31.2 Å². The normalized spacial score (nSPS) is 12.4. The third kappa shape index (κ3) is 3.45. The Morgan fingerprint density at radius 2 is 1.88 bits per heavy atom. The fraction of sp³-hybridized carbons (Fsp3) is 0.231. The minimum atomic E-state index is -1.14. The molecule has 1 unspecified atom stereocenters. The minimum Gasteiger partial charge on any atom is -0.478 e. The number of carboxylic acid groups (broad SMARTS) is 1. The van der Waals surface area contributed by atoms with Crippen molar-refractivity contribution in [1.29, 1.82) is 0 Å². The van der Waals surface area contributed by atoms with E-state index in [1.165, 1.54) is 12.1 Å². The molecule has 1 aromatic carbocycles. The Bertz CT molecular complexity index is 448. The second kappa shape index (κ2) is 5.84. The second-order valence-corrected chi connectivity index (χ2v) is 3.49. The first-order valence-electron chi connectivity index (χ1n) is 5.22. The Morgan fingerprint density at radius 1 is 1.29 bits per heavy atom. The molecular weight excluding hydrogens is 220 g/mol. The molecule has 1 N–H and O–H groups in total. The van der Waals surface area contributed by atoms with Crippen LogP contribution in [0.15, 0.2) is 36.4 Å².